The first-order chi connectivity index (χ1) is 9.02. The van der Waals surface area contributed by atoms with Crippen LogP contribution in [0.25, 0.3) is 0 Å². The number of carboxylic acids is 1. The number of carbonyl (C=O) groups is 1. The van der Waals surface area contributed by atoms with Gasteiger partial charge in [0.05, 0.1) is 7.11 Å². The van der Waals surface area contributed by atoms with E-state index in [0.717, 1.165) is 12.1 Å². The molecule has 0 aromatic heterocycles. The fourth-order valence-corrected chi connectivity index (χ4v) is 1.87. The van der Waals surface area contributed by atoms with Gasteiger partial charge in [-0.3, -0.25) is 4.79 Å². The fraction of sp³-hybridized carbons (Fsp3) is 0.500. The number of carboxylic acid groups (broad SMARTS) is 1. The molecule has 0 radical (unpaired) electrons. The molecular weight excluding hydrogens is 249 g/mol. The molecule has 1 aromatic carbocycles. The van der Waals surface area contributed by atoms with Crippen LogP contribution in [0.2, 0.25) is 0 Å². The maximum Gasteiger partial charge on any atom is 0.303 e. The molecule has 0 bridgehead atoms. The zero-order valence-corrected chi connectivity index (χ0v) is 11.4. The van der Waals surface area contributed by atoms with E-state index in [1.807, 2.05) is 11.9 Å². The van der Waals surface area contributed by atoms with Crippen molar-refractivity contribution >= 4 is 5.97 Å². The van der Waals surface area contributed by atoms with Crippen molar-refractivity contribution in [3.63, 3.8) is 0 Å². The van der Waals surface area contributed by atoms with Crippen LogP contribution < -0.4 is 4.74 Å². The minimum Gasteiger partial charge on any atom is -0.496 e. The summed E-state index contributed by atoms with van der Waals surface area (Å²) >= 11 is 0. The first-order valence-corrected chi connectivity index (χ1v) is 6.25. The van der Waals surface area contributed by atoms with E-state index in [9.17, 15) is 9.18 Å². The lowest BCUT2D eigenvalue weighted by Crippen LogP contribution is -2.23. The first kappa shape index (κ1) is 15.4. The number of benzene rings is 1. The summed E-state index contributed by atoms with van der Waals surface area (Å²) in [7, 11) is 3.49. The molecule has 0 aliphatic rings. The van der Waals surface area contributed by atoms with Gasteiger partial charge in [0.1, 0.15) is 11.6 Å². The fourth-order valence-electron chi connectivity index (χ4n) is 1.87. The second-order valence-corrected chi connectivity index (χ2v) is 4.51. The molecule has 0 saturated carbocycles. The van der Waals surface area contributed by atoms with E-state index in [0.29, 0.717) is 25.1 Å². The standard InChI is InChI=1S/C14H20FNO3/c1-16(8-3-4-14(17)18)9-7-11-10-12(15)5-6-13(11)19-2/h5-6,10H,3-4,7-9H2,1-2H3,(H,17,18). The quantitative estimate of drug-likeness (QED) is 0.786. The highest BCUT2D eigenvalue weighted by Gasteiger charge is 2.07. The Morgan fingerprint density at radius 3 is 2.79 bits per heavy atom. The largest absolute Gasteiger partial charge is 0.496 e. The summed E-state index contributed by atoms with van der Waals surface area (Å²) in [4.78, 5) is 12.4. The highest BCUT2D eigenvalue weighted by molar-refractivity contribution is 5.66. The average molecular weight is 269 g/mol. The van der Waals surface area contributed by atoms with Crippen molar-refractivity contribution in [2.75, 3.05) is 27.2 Å². The zero-order chi connectivity index (χ0) is 14.3. The van der Waals surface area contributed by atoms with Crippen LogP contribution in [-0.4, -0.2) is 43.2 Å². The Balaban J connectivity index is 2.43. The van der Waals surface area contributed by atoms with Gasteiger partial charge in [0.2, 0.25) is 0 Å². The van der Waals surface area contributed by atoms with Crippen LogP contribution in [0, 0.1) is 5.82 Å². The third-order valence-electron chi connectivity index (χ3n) is 2.94. The second-order valence-electron chi connectivity index (χ2n) is 4.51. The van der Waals surface area contributed by atoms with Crippen LogP contribution in [0.5, 0.6) is 5.75 Å². The smallest absolute Gasteiger partial charge is 0.303 e. The summed E-state index contributed by atoms with van der Waals surface area (Å²) < 4.78 is 18.3. The molecule has 0 saturated heterocycles. The summed E-state index contributed by atoms with van der Waals surface area (Å²) in [5, 5.41) is 8.56. The third kappa shape index (κ3) is 5.70. The third-order valence-corrected chi connectivity index (χ3v) is 2.94. The van der Waals surface area contributed by atoms with E-state index >= 15 is 0 Å². The SMILES string of the molecule is COc1ccc(F)cc1CCN(C)CCCC(=O)O. The Morgan fingerprint density at radius 1 is 1.42 bits per heavy atom. The highest BCUT2D eigenvalue weighted by Crippen LogP contribution is 2.19. The van der Waals surface area contributed by atoms with Gasteiger partial charge in [0.25, 0.3) is 0 Å². The molecule has 19 heavy (non-hydrogen) atoms. The zero-order valence-electron chi connectivity index (χ0n) is 11.4. The van der Waals surface area contributed by atoms with E-state index in [2.05, 4.69) is 0 Å². The van der Waals surface area contributed by atoms with E-state index in [4.69, 9.17) is 9.84 Å². The molecule has 1 aromatic rings. The molecule has 0 unspecified atom stereocenters. The van der Waals surface area contributed by atoms with Crippen LogP contribution in [0.15, 0.2) is 18.2 Å². The number of rotatable bonds is 8. The van der Waals surface area contributed by atoms with Crippen molar-refractivity contribution in [1.82, 2.24) is 4.90 Å². The van der Waals surface area contributed by atoms with Crippen LogP contribution in [0.3, 0.4) is 0 Å². The Morgan fingerprint density at radius 2 is 2.16 bits per heavy atom. The van der Waals surface area contributed by atoms with Crippen LogP contribution in [-0.2, 0) is 11.2 Å². The molecule has 5 heteroatoms. The molecule has 1 N–H and O–H groups in total. The minimum absolute atomic E-state index is 0.174. The highest BCUT2D eigenvalue weighted by atomic mass is 19.1. The van der Waals surface area contributed by atoms with Gasteiger partial charge in [-0.1, -0.05) is 0 Å². The normalized spacial score (nSPS) is 10.7. The Hall–Kier alpha value is -1.62. The molecule has 4 nitrogen and oxygen atoms in total. The van der Waals surface area contributed by atoms with Crippen molar-refractivity contribution in [3.05, 3.63) is 29.6 Å². The number of likely N-dealkylation sites (N-methyl/N-ethyl adjacent to an activating group) is 1. The van der Waals surface area contributed by atoms with Crippen molar-refractivity contribution in [1.29, 1.82) is 0 Å². The maximum atomic E-state index is 13.2. The summed E-state index contributed by atoms with van der Waals surface area (Å²) in [6.07, 6.45) is 1.46. The predicted molar refractivity (Wildman–Crippen MR) is 71.0 cm³/mol. The first-order valence-electron chi connectivity index (χ1n) is 6.25. The average Bonchev–Trinajstić information content (AvgIpc) is 2.36. The molecule has 0 atom stereocenters. The van der Waals surface area contributed by atoms with Crippen LogP contribution in [0.1, 0.15) is 18.4 Å². The van der Waals surface area contributed by atoms with Gasteiger partial charge in [-0.2, -0.15) is 0 Å². The van der Waals surface area contributed by atoms with Crippen molar-refractivity contribution < 1.29 is 19.0 Å². The number of nitrogens with zero attached hydrogens (tertiary/aromatic N) is 1. The van der Waals surface area contributed by atoms with Gasteiger partial charge < -0.3 is 14.7 Å². The van der Waals surface area contributed by atoms with E-state index in [1.54, 1.807) is 13.2 Å². The molecule has 0 heterocycles. The lowest BCUT2D eigenvalue weighted by Gasteiger charge is -2.17. The lowest BCUT2D eigenvalue weighted by atomic mass is 10.1. The number of hydrogen-bond acceptors (Lipinski definition) is 3. The molecular formula is C14H20FNO3. The number of aliphatic carboxylic acids is 1. The van der Waals surface area contributed by atoms with Gasteiger partial charge in [-0.15, -0.1) is 0 Å². The molecule has 0 aliphatic heterocycles. The van der Waals surface area contributed by atoms with Gasteiger partial charge in [-0.25, -0.2) is 4.39 Å². The Kier molecular flexibility index (Phi) is 6.29. The number of hydrogen-bond donors (Lipinski definition) is 1. The van der Waals surface area contributed by atoms with Crippen molar-refractivity contribution in [2.45, 2.75) is 19.3 Å². The summed E-state index contributed by atoms with van der Waals surface area (Å²) in [5.74, 6) is -0.370. The monoisotopic (exact) mass is 269 g/mol. The van der Waals surface area contributed by atoms with Gasteiger partial charge in [0, 0.05) is 13.0 Å². The summed E-state index contributed by atoms with van der Waals surface area (Å²) in [6.45, 7) is 1.45. The molecule has 0 amide bonds. The van der Waals surface area contributed by atoms with Gasteiger partial charge >= 0.3 is 5.97 Å². The molecule has 0 fully saturated rings. The maximum absolute atomic E-state index is 13.2. The van der Waals surface area contributed by atoms with Crippen molar-refractivity contribution in [3.8, 4) is 5.75 Å². The predicted octanol–water partition coefficient (Wildman–Crippen LogP) is 2.17. The van der Waals surface area contributed by atoms with E-state index in [-0.39, 0.29) is 12.2 Å². The Labute approximate surface area is 112 Å². The number of halogens is 1. The minimum atomic E-state index is -0.778. The molecule has 0 aliphatic carbocycles. The van der Waals surface area contributed by atoms with E-state index < -0.39 is 5.97 Å². The Bertz CT molecular complexity index is 423. The lowest BCUT2D eigenvalue weighted by molar-refractivity contribution is -0.137. The van der Waals surface area contributed by atoms with Gasteiger partial charge in [-0.05, 0) is 50.2 Å². The topological polar surface area (TPSA) is 49.8 Å². The molecule has 0 spiro atoms. The van der Waals surface area contributed by atoms with Crippen LogP contribution in [0.4, 0.5) is 4.39 Å². The molecule has 106 valence electrons. The van der Waals surface area contributed by atoms with Crippen molar-refractivity contribution in [2.24, 2.45) is 0 Å². The van der Waals surface area contributed by atoms with E-state index in [1.165, 1.54) is 12.1 Å². The summed E-state index contributed by atoms with van der Waals surface area (Å²) in [6, 6.07) is 4.47. The summed E-state index contributed by atoms with van der Waals surface area (Å²) in [5.41, 5.74) is 0.826. The number of ether oxygens (including phenoxy) is 1. The second kappa shape index (κ2) is 7.74. The number of methoxy groups -OCH3 is 1. The van der Waals surface area contributed by atoms with Crippen LogP contribution >= 0.6 is 0 Å². The van der Waals surface area contributed by atoms with Gasteiger partial charge in [0.15, 0.2) is 0 Å². The molecule has 1 rings (SSSR count).